The molecule has 42 heavy (non-hydrogen) atoms. The zero-order chi connectivity index (χ0) is 30.2. The average Bonchev–Trinajstić information content (AvgIpc) is 3.47. The zero-order valence-corrected chi connectivity index (χ0v) is 24.8. The number of halogens is 1. The zero-order valence-electron chi connectivity index (χ0n) is 24.1. The van der Waals surface area contributed by atoms with E-state index in [4.69, 9.17) is 16.3 Å². The van der Waals surface area contributed by atoms with Crippen LogP contribution in [0.1, 0.15) is 53.0 Å². The Bertz CT molecular complexity index is 1340. The molecule has 12 nitrogen and oxygen atoms in total. The Morgan fingerprint density at radius 1 is 1.10 bits per heavy atom. The number of aromatic nitrogens is 1. The second-order valence-corrected chi connectivity index (χ2v) is 10.8. The first-order chi connectivity index (χ1) is 20.2. The van der Waals surface area contributed by atoms with Crippen LogP contribution in [0.15, 0.2) is 41.5 Å². The van der Waals surface area contributed by atoms with E-state index in [1.165, 1.54) is 30.3 Å². The number of nitrogens with zero attached hydrogens (tertiary/aromatic N) is 5. The van der Waals surface area contributed by atoms with Gasteiger partial charge in [-0.3, -0.25) is 29.5 Å². The number of rotatable bonds is 7. The van der Waals surface area contributed by atoms with E-state index in [0.29, 0.717) is 42.5 Å². The molecular formula is C29H36ClN7O5. The summed E-state index contributed by atoms with van der Waals surface area (Å²) < 4.78 is 5.22. The number of hydrogen-bond acceptors (Lipinski definition) is 7. The standard InChI is InChI=1S/C29H36ClN7O5/c1-35(2)27(40)22-11-9-19(17-31-22)26(39)34-29(32-20-10-12-24(42-3)21(30)16-20)33-23-8-4-5-15-37(28(23)41)18-25(38)36-13-6-7-14-36/h9-12,16-17,23H,4-8,13-15,18H2,1-3H3,(H2,32,33,34,39). The summed E-state index contributed by atoms with van der Waals surface area (Å²) in [5.74, 6) is -0.661. The first-order valence-electron chi connectivity index (χ1n) is 13.9. The second kappa shape index (κ2) is 14.1. The lowest BCUT2D eigenvalue weighted by atomic mass is 10.1. The summed E-state index contributed by atoms with van der Waals surface area (Å²) in [4.78, 5) is 65.3. The Morgan fingerprint density at radius 2 is 1.83 bits per heavy atom. The number of pyridine rings is 1. The van der Waals surface area contributed by atoms with Gasteiger partial charge in [0.1, 0.15) is 17.5 Å². The minimum atomic E-state index is -0.811. The quantitative estimate of drug-likeness (QED) is 0.370. The molecule has 0 aliphatic carbocycles. The third-order valence-electron chi connectivity index (χ3n) is 7.12. The number of carbonyl (C=O) groups excluding carboxylic acids is 4. The summed E-state index contributed by atoms with van der Waals surface area (Å²) in [5, 5.41) is 6.13. The Kier molecular flexibility index (Phi) is 10.3. The minimum Gasteiger partial charge on any atom is -0.495 e. The topological polar surface area (TPSA) is 137 Å². The van der Waals surface area contributed by atoms with Crippen molar-refractivity contribution >= 4 is 46.9 Å². The summed E-state index contributed by atoms with van der Waals surface area (Å²) in [6, 6.07) is 7.12. The number of amides is 4. The van der Waals surface area contributed by atoms with Crippen molar-refractivity contribution in [1.29, 1.82) is 0 Å². The minimum absolute atomic E-state index is 0.0117. The number of benzene rings is 1. The molecule has 1 aromatic heterocycles. The van der Waals surface area contributed by atoms with Crippen molar-refractivity contribution in [2.75, 3.05) is 52.7 Å². The lowest BCUT2D eigenvalue weighted by Crippen LogP contribution is -2.45. The fourth-order valence-corrected chi connectivity index (χ4v) is 5.04. The van der Waals surface area contributed by atoms with Crippen LogP contribution in [0, 0.1) is 0 Å². The maximum absolute atomic E-state index is 13.6. The van der Waals surface area contributed by atoms with Crippen LogP contribution in [0.25, 0.3) is 0 Å². The molecule has 2 aliphatic rings. The van der Waals surface area contributed by atoms with Gasteiger partial charge in [-0.1, -0.05) is 11.6 Å². The molecule has 0 radical (unpaired) electrons. The van der Waals surface area contributed by atoms with Crippen molar-refractivity contribution in [3.8, 4) is 5.75 Å². The first kappa shape index (κ1) is 30.8. The summed E-state index contributed by atoms with van der Waals surface area (Å²) in [6.07, 6.45) is 5.19. The second-order valence-electron chi connectivity index (χ2n) is 10.4. The Balaban J connectivity index is 1.57. The predicted octanol–water partition coefficient (Wildman–Crippen LogP) is 2.65. The van der Waals surface area contributed by atoms with E-state index in [1.54, 1.807) is 42.1 Å². The van der Waals surface area contributed by atoms with Crippen LogP contribution in [-0.2, 0) is 9.59 Å². The van der Waals surface area contributed by atoms with E-state index in [0.717, 1.165) is 25.7 Å². The van der Waals surface area contributed by atoms with Crippen LogP contribution in [0.5, 0.6) is 5.75 Å². The molecule has 4 amide bonds. The van der Waals surface area contributed by atoms with Gasteiger partial charge in [-0.15, -0.1) is 0 Å². The van der Waals surface area contributed by atoms with Gasteiger partial charge in [-0.25, -0.2) is 4.99 Å². The fraction of sp³-hybridized carbons (Fsp3) is 0.448. The number of nitrogens with one attached hydrogen (secondary N) is 2. The van der Waals surface area contributed by atoms with Crippen LogP contribution in [-0.4, -0.2) is 103 Å². The number of anilines is 1. The van der Waals surface area contributed by atoms with Crippen LogP contribution in [0.3, 0.4) is 0 Å². The van der Waals surface area contributed by atoms with Gasteiger partial charge < -0.3 is 24.8 Å². The van der Waals surface area contributed by atoms with E-state index < -0.39 is 11.9 Å². The van der Waals surface area contributed by atoms with Crippen LogP contribution >= 0.6 is 11.6 Å². The monoisotopic (exact) mass is 597 g/mol. The number of hydrogen-bond donors (Lipinski definition) is 2. The molecule has 1 atom stereocenters. The van der Waals surface area contributed by atoms with Crippen molar-refractivity contribution in [2.45, 2.75) is 38.1 Å². The first-order valence-corrected chi connectivity index (χ1v) is 14.3. The van der Waals surface area contributed by atoms with Crippen LogP contribution < -0.4 is 15.4 Å². The van der Waals surface area contributed by atoms with Gasteiger partial charge in [0.25, 0.3) is 11.8 Å². The van der Waals surface area contributed by atoms with Crippen molar-refractivity contribution < 1.29 is 23.9 Å². The predicted molar refractivity (Wildman–Crippen MR) is 159 cm³/mol. The molecule has 0 bridgehead atoms. The smallest absolute Gasteiger partial charge is 0.271 e. The van der Waals surface area contributed by atoms with Crippen molar-refractivity contribution in [1.82, 2.24) is 25.0 Å². The highest BCUT2D eigenvalue weighted by Crippen LogP contribution is 2.27. The van der Waals surface area contributed by atoms with Crippen molar-refractivity contribution in [3.05, 3.63) is 52.8 Å². The molecule has 2 aromatic rings. The Hall–Kier alpha value is -4.19. The highest BCUT2D eigenvalue weighted by molar-refractivity contribution is 6.32. The Labute approximate surface area is 250 Å². The molecule has 3 heterocycles. The van der Waals surface area contributed by atoms with E-state index in [2.05, 4.69) is 20.6 Å². The molecule has 2 aliphatic heterocycles. The van der Waals surface area contributed by atoms with Crippen molar-refractivity contribution in [2.24, 2.45) is 4.99 Å². The maximum atomic E-state index is 13.6. The SMILES string of the molecule is COc1ccc(NC(=NC2CCCCN(CC(=O)N3CCCC3)C2=O)NC(=O)c2ccc(C(=O)N(C)C)nc2)cc1Cl. The molecule has 0 spiro atoms. The van der Waals surface area contributed by atoms with E-state index in [1.807, 2.05) is 0 Å². The molecule has 13 heteroatoms. The number of methoxy groups -OCH3 is 1. The summed E-state index contributed by atoms with van der Waals surface area (Å²) in [5.41, 5.74) is 0.897. The van der Waals surface area contributed by atoms with Gasteiger partial charge >= 0.3 is 0 Å². The normalized spacial score (nSPS) is 17.5. The molecule has 224 valence electrons. The summed E-state index contributed by atoms with van der Waals surface area (Å²) in [7, 11) is 4.73. The summed E-state index contributed by atoms with van der Waals surface area (Å²) >= 11 is 6.31. The molecular weight excluding hydrogens is 562 g/mol. The number of carbonyl (C=O) groups is 4. The number of ether oxygens (including phenoxy) is 1. The largest absolute Gasteiger partial charge is 0.495 e. The number of guanidine groups is 1. The average molecular weight is 598 g/mol. The fourth-order valence-electron chi connectivity index (χ4n) is 4.79. The lowest BCUT2D eigenvalue weighted by molar-refractivity contribution is -0.140. The molecule has 4 rings (SSSR count). The molecule has 1 aromatic carbocycles. The van der Waals surface area contributed by atoms with E-state index in [-0.39, 0.29) is 41.5 Å². The van der Waals surface area contributed by atoms with Gasteiger partial charge in [-0.2, -0.15) is 0 Å². The van der Waals surface area contributed by atoms with Crippen molar-refractivity contribution in [3.63, 3.8) is 0 Å². The van der Waals surface area contributed by atoms with E-state index in [9.17, 15) is 19.2 Å². The lowest BCUT2D eigenvalue weighted by Gasteiger charge is -2.25. The van der Waals surface area contributed by atoms with Gasteiger partial charge in [0.2, 0.25) is 17.8 Å². The molecule has 1 unspecified atom stereocenters. The van der Waals surface area contributed by atoms with Crippen LogP contribution in [0.2, 0.25) is 5.02 Å². The van der Waals surface area contributed by atoms with Gasteiger partial charge in [0, 0.05) is 45.6 Å². The molecule has 2 saturated heterocycles. The number of aliphatic imine (C=N–C) groups is 1. The number of likely N-dealkylation sites (tertiary alicyclic amines) is 2. The van der Waals surface area contributed by atoms with Gasteiger partial charge in [0.05, 0.1) is 24.2 Å². The molecule has 0 saturated carbocycles. The van der Waals surface area contributed by atoms with Gasteiger partial charge in [-0.05, 0) is 62.4 Å². The third kappa shape index (κ3) is 7.75. The molecule has 2 N–H and O–H groups in total. The third-order valence-corrected chi connectivity index (χ3v) is 7.41. The highest BCUT2D eigenvalue weighted by Gasteiger charge is 2.30. The molecule has 2 fully saturated rings. The highest BCUT2D eigenvalue weighted by atomic mass is 35.5. The van der Waals surface area contributed by atoms with E-state index >= 15 is 0 Å². The maximum Gasteiger partial charge on any atom is 0.271 e. The summed E-state index contributed by atoms with van der Waals surface area (Å²) in [6.45, 7) is 1.91. The van der Waals surface area contributed by atoms with Gasteiger partial charge in [0.15, 0.2) is 0 Å². The Morgan fingerprint density at radius 3 is 2.48 bits per heavy atom. The van der Waals surface area contributed by atoms with Crippen LogP contribution in [0.4, 0.5) is 5.69 Å².